The van der Waals surface area contributed by atoms with E-state index in [1.807, 2.05) is 0 Å². The van der Waals surface area contributed by atoms with Crippen LogP contribution < -0.4 is 5.32 Å². The molecule has 1 aliphatic carbocycles. The van der Waals surface area contributed by atoms with Crippen molar-refractivity contribution < 1.29 is 18.4 Å². The fourth-order valence-corrected chi connectivity index (χ4v) is 2.82. The molecule has 3 rings (SSSR count). The maximum absolute atomic E-state index is 13.4. The summed E-state index contributed by atoms with van der Waals surface area (Å²) in [4.78, 5) is 23.0. The molecule has 0 aromatic carbocycles. The number of Topliss-reactive ketones (excluding diaryl/α,β-unsaturated/α-hetero) is 1. The first-order valence-electron chi connectivity index (χ1n) is 7.02. The minimum atomic E-state index is -2.73. The van der Waals surface area contributed by atoms with Crippen molar-refractivity contribution in [3.63, 3.8) is 0 Å². The van der Waals surface area contributed by atoms with E-state index in [4.69, 9.17) is 0 Å². The van der Waals surface area contributed by atoms with E-state index in [-0.39, 0.29) is 29.6 Å². The molecular weight excluding hydrogens is 292 g/mol. The lowest BCUT2D eigenvalue weighted by molar-refractivity contribution is -0.125. The smallest absolute Gasteiger partial charge is 0.248 e. The standard InChI is InChI=1S/C15H15F2N3O2/c1-7-8(9-3-11(9)15(2,16)17)4-12(20-19-7)10-6-18-14(22)5-13(10)21/h4,6,9,11H,3,5H2,1-2H3,(H,18,22)/t9-,11+/m1/s1. The summed E-state index contributed by atoms with van der Waals surface area (Å²) in [6.45, 7) is 2.64. The molecule has 0 spiro atoms. The number of hydrogen-bond donors (Lipinski definition) is 1. The van der Waals surface area contributed by atoms with Crippen LogP contribution in [-0.2, 0) is 9.59 Å². The first kappa shape index (κ1) is 14.7. The SMILES string of the molecule is Cc1nnc(C2=CNC(=O)CC2=O)cc1[C@H]1C[C@@H]1C(C)(F)F. The summed E-state index contributed by atoms with van der Waals surface area (Å²) in [6.07, 6.45) is 1.46. The molecule has 1 amide bonds. The average Bonchev–Trinajstić information content (AvgIpc) is 3.20. The number of rotatable bonds is 3. The number of allylic oxidation sites excluding steroid dienone is 1. The fourth-order valence-electron chi connectivity index (χ4n) is 2.82. The summed E-state index contributed by atoms with van der Waals surface area (Å²) in [5.74, 6) is -4.40. The minimum absolute atomic E-state index is 0.240. The fraction of sp³-hybridized carbons (Fsp3) is 0.467. The topological polar surface area (TPSA) is 72.0 Å². The Balaban J connectivity index is 1.92. The van der Waals surface area contributed by atoms with Crippen molar-refractivity contribution in [2.24, 2.45) is 5.92 Å². The number of nitrogens with one attached hydrogen (secondary N) is 1. The highest BCUT2D eigenvalue weighted by Gasteiger charge is 2.53. The van der Waals surface area contributed by atoms with E-state index in [1.165, 1.54) is 6.20 Å². The third kappa shape index (κ3) is 2.63. The third-order valence-electron chi connectivity index (χ3n) is 4.13. The van der Waals surface area contributed by atoms with Crippen LogP contribution in [-0.4, -0.2) is 27.8 Å². The van der Waals surface area contributed by atoms with E-state index < -0.39 is 11.8 Å². The summed E-state index contributed by atoms with van der Waals surface area (Å²) >= 11 is 0. The van der Waals surface area contributed by atoms with Gasteiger partial charge in [0.15, 0.2) is 5.78 Å². The van der Waals surface area contributed by atoms with E-state index in [0.717, 1.165) is 6.92 Å². The Morgan fingerprint density at radius 1 is 1.32 bits per heavy atom. The predicted octanol–water partition coefficient (Wildman–Crippen LogP) is 1.97. The van der Waals surface area contributed by atoms with Crippen molar-refractivity contribution >= 4 is 17.3 Å². The van der Waals surface area contributed by atoms with Gasteiger partial charge in [0.25, 0.3) is 0 Å². The van der Waals surface area contributed by atoms with Crippen molar-refractivity contribution in [1.82, 2.24) is 15.5 Å². The largest absolute Gasteiger partial charge is 0.331 e. The van der Waals surface area contributed by atoms with Gasteiger partial charge in [0.05, 0.1) is 23.4 Å². The number of aryl methyl sites for hydroxylation is 1. The molecule has 1 N–H and O–H groups in total. The predicted molar refractivity (Wildman–Crippen MR) is 74.0 cm³/mol. The molecule has 2 aliphatic rings. The Morgan fingerprint density at radius 3 is 2.64 bits per heavy atom. The molecule has 5 nitrogen and oxygen atoms in total. The highest BCUT2D eigenvalue weighted by atomic mass is 19.3. The summed E-state index contributed by atoms with van der Waals surface area (Å²) in [6, 6.07) is 1.64. The van der Waals surface area contributed by atoms with Crippen LogP contribution in [0.1, 0.15) is 42.6 Å². The van der Waals surface area contributed by atoms with Gasteiger partial charge < -0.3 is 5.32 Å². The first-order chi connectivity index (χ1) is 10.3. The van der Waals surface area contributed by atoms with Crippen LogP contribution in [0.2, 0.25) is 0 Å². The zero-order valence-corrected chi connectivity index (χ0v) is 12.2. The number of halogens is 2. The zero-order chi connectivity index (χ0) is 16.1. The lowest BCUT2D eigenvalue weighted by Crippen LogP contribution is -2.27. The Hall–Kier alpha value is -2.18. The number of amides is 1. The van der Waals surface area contributed by atoms with E-state index in [1.54, 1.807) is 13.0 Å². The summed E-state index contributed by atoms with van der Waals surface area (Å²) in [7, 11) is 0. The molecule has 1 fully saturated rings. The van der Waals surface area contributed by atoms with E-state index >= 15 is 0 Å². The van der Waals surface area contributed by atoms with Crippen molar-refractivity contribution in [3.8, 4) is 0 Å². The van der Waals surface area contributed by atoms with Crippen molar-refractivity contribution in [1.29, 1.82) is 0 Å². The van der Waals surface area contributed by atoms with Crippen LogP contribution in [0.25, 0.3) is 5.57 Å². The van der Waals surface area contributed by atoms with E-state index in [9.17, 15) is 18.4 Å². The molecule has 0 saturated heterocycles. The van der Waals surface area contributed by atoms with Gasteiger partial charge in [-0.3, -0.25) is 9.59 Å². The number of ketones is 1. The molecule has 0 unspecified atom stereocenters. The van der Waals surface area contributed by atoms with Crippen LogP contribution in [0.15, 0.2) is 12.3 Å². The highest BCUT2D eigenvalue weighted by molar-refractivity contribution is 6.27. The second kappa shape index (κ2) is 4.93. The molecule has 0 radical (unpaired) electrons. The zero-order valence-electron chi connectivity index (χ0n) is 12.2. The second-order valence-electron chi connectivity index (χ2n) is 5.90. The third-order valence-corrected chi connectivity index (χ3v) is 4.13. The number of aromatic nitrogens is 2. The quantitative estimate of drug-likeness (QED) is 0.867. The van der Waals surface area contributed by atoms with Crippen LogP contribution in [0.4, 0.5) is 8.78 Å². The lowest BCUT2D eigenvalue weighted by atomic mass is 9.99. The number of carbonyl (C=O) groups excluding carboxylic acids is 2. The van der Waals surface area contributed by atoms with Gasteiger partial charge in [-0.25, -0.2) is 8.78 Å². The van der Waals surface area contributed by atoms with Gasteiger partial charge in [-0.05, 0) is 37.8 Å². The summed E-state index contributed by atoms with van der Waals surface area (Å²) in [5.41, 5.74) is 1.86. The van der Waals surface area contributed by atoms with Crippen LogP contribution in [0.5, 0.6) is 0 Å². The number of alkyl halides is 2. The molecule has 1 aromatic rings. The van der Waals surface area contributed by atoms with Gasteiger partial charge >= 0.3 is 0 Å². The second-order valence-corrected chi connectivity index (χ2v) is 5.90. The number of nitrogens with zero attached hydrogens (tertiary/aromatic N) is 2. The maximum Gasteiger partial charge on any atom is 0.248 e. The average molecular weight is 307 g/mol. The highest BCUT2D eigenvalue weighted by Crippen LogP contribution is 2.55. The Morgan fingerprint density at radius 2 is 2.05 bits per heavy atom. The molecule has 7 heteroatoms. The Labute approximate surface area is 125 Å². The van der Waals surface area contributed by atoms with Crippen molar-refractivity contribution in [2.45, 2.75) is 38.5 Å². The Kier molecular flexibility index (Phi) is 3.30. The molecule has 0 bridgehead atoms. The minimum Gasteiger partial charge on any atom is -0.331 e. The molecule has 1 aliphatic heterocycles. The van der Waals surface area contributed by atoms with Crippen molar-refractivity contribution in [3.05, 3.63) is 29.2 Å². The van der Waals surface area contributed by atoms with E-state index in [2.05, 4.69) is 15.5 Å². The maximum atomic E-state index is 13.4. The van der Waals surface area contributed by atoms with Gasteiger partial charge in [0.2, 0.25) is 11.8 Å². The van der Waals surface area contributed by atoms with Gasteiger partial charge in [0.1, 0.15) is 0 Å². The van der Waals surface area contributed by atoms with Crippen LogP contribution in [0, 0.1) is 12.8 Å². The monoisotopic (exact) mass is 307 g/mol. The molecule has 2 heterocycles. The molecule has 22 heavy (non-hydrogen) atoms. The Bertz CT molecular complexity index is 695. The van der Waals surface area contributed by atoms with Crippen LogP contribution >= 0.6 is 0 Å². The van der Waals surface area contributed by atoms with Crippen LogP contribution in [0.3, 0.4) is 0 Å². The molecular formula is C15H15F2N3O2. The molecule has 2 atom stereocenters. The lowest BCUT2D eigenvalue weighted by Gasteiger charge is -2.14. The molecule has 116 valence electrons. The summed E-state index contributed by atoms with van der Waals surface area (Å²) < 4.78 is 26.8. The summed E-state index contributed by atoms with van der Waals surface area (Å²) in [5, 5.41) is 10.4. The van der Waals surface area contributed by atoms with Gasteiger partial charge in [-0.15, -0.1) is 0 Å². The molecule has 1 aromatic heterocycles. The first-order valence-corrected chi connectivity index (χ1v) is 7.02. The normalized spacial score (nSPS) is 24.8. The van der Waals surface area contributed by atoms with Gasteiger partial charge in [0, 0.05) is 12.1 Å². The molecule has 1 saturated carbocycles. The van der Waals surface area contributed by atoms with E-state index in [0.29, 0.717) is 23.4 Å². The number of carbonyl (C=O) groups is 2. The van der Waals surface area contributed by atoms with Gasteiger partial charge in [-0.2, -0.15) is 10.2 Å². The van der Waals surface area contributed by atoms with Gasteiger partial charge in [-0.1, -0.05) is 0 Å². The number of hydrogen-bond acceptors (Lipinski definition) is 4. The van der Waals surface area contributed by atoms with Crippen molar-refractivity contribution in [2.75, 3.05) is 0 Å².